The molecule has 1 aromatic rings. The average Bonchev–Trinajstić information content (AvgIpc) is 3.16. The first-order chi connectivity index (χ1) is 14.0. The van der Waals surface area contributed by atoms with E-state index >= 15 is 0 Å². The van der Waals surface area contributed by atoms with Crippen molar-refractivity contribution < 1.29 is 19.1 Å². The van der Waals surface area contributed by atoms with E-state index in [1.165, 1.54) is 0 Å². The van der Waals surface area contributed by atoms with Crippen LogP contribution in [0.5, 0.6) is 11.5 Å². The molecule has 0 saturated carbocycles. The number of aliphatic imine (C=N–C) groups is 1. The van der Waals surface area contributed by atoms with Gasteiger partial charge in [0.15, 0.2) is 23.4 Å². The number of fused-ring (bicyclic) bond motifs is 1. The predicted molar refractivity (Wildman–Crippen MR) is 112 cm³/mol. The van der Waals surface area contributed by atoms with Crippen LogP contribution in [-0.2, 0) is 9.59 Å². The number of ketones is 1. The first kappa shape index (κ1) is 20.9. The Hall–Kier alpha value is -2.83. The van der Waals surface area contributed by atoms with Crippen LogP contribution in [0.3, 0.4) is 0 Å². The van der Waals surface area contributed by atoms with Crippen LogP contribution in [0.1, 0.15) is 38.7 Å². The highest BCUT2D eigenvalue weighted by Crippen LogP contribution is 2.30. The maximum absolute atomic E-state index is 12.9. The topological polar surface area (TPSA) is 80.2 Å². The van der Waals surface area contributed by atoms with Crippen molar-refractivity contribution >= 4 is 23.6 Å². The van der Waals surface area contributed by atoms with E-state index in [-0.39, 0.29) is 11.7 Å². The minimum Gasteiger partial charge on any atom is -0.493 e. The Balaban J connectivity index is 1.82. The second kappa shape index (κ2) is 9.11. The molecule has 7 heteroatoms. The summed E-state index contributed by atoms with van der Waals surface area (Å²) in [7, 11) is 3.19. The highest BCUT2D eigenvalue weighted by molar-refractivity contribution is 6.11. The summed E-state index contributed by atoms with van der Waals surface area (Å²) >= 11 is 0. The molecule has 29 heavy (non-hydrogen) atoms. The fourth-order valence-corrected chi connectivity index (χ4v) is 3.89. The van der Waals surface area contributed by atoms with Gasteiger partial charge in [-0.1, -0.05) is 32.4 Å². The number of rotatable bonds is 8. The van der Waals surface area contributed by atoms with Crippen molar-refractivity contribution in [2.24, 2.45) is 10.9 Å². The van der Waals surface area contributed by atoms with Crippen LogP contribution in [-0.4, -0.2) is 55.4 Å². The van der Waals surface area contributed by atoms with Crippen molar-refractivity contribution in [3.05, 3.63) is 29.8 Å². The molecule has 2 aliphatic rings. The summed E-state index contributed by atoms with van der Waals surface area (Å²) in [6.07, 6.45) is 5.47. The van der Waals surface area contributed by atoms with Gasteiger partial charge in [-0.15, -0.1) is 0 Å². The molecule has 156 valence electrons. The number of likely N-dealkylation sites (tertiary alicyclic amines) is 1. The highest BCUT2D eigenvalue weighted by atomic mass is 16.5. The number of hydrogen-bond acceptors (Lipinski definition) is 6. The second-order valence-corrected chi connectivity index (χ2v) is 7.27. The molecule has 3 unspecified atom stereocenters. The molecule has 0 bridgehead atoms. The number of benzene rings is 1. The molecule has 3 rings (SSSR count). The summed E-state index contributed by atoms with van der Waals surface area (Å²) in [5.74, 6) is 1.21. The molecule has 3 atom stereocenters. The molecule has 1 N–H and O–H groups in total. The summed E-state index contributed by atoms with van der Waals surface area (Å²) < 4.78 is 10.6. The molecule has 1 fully saturated rings. The molecule has 0 radical (unpaired) electrons. The van der Waals surface area contributed by atoms with Gasteiger partial charge in [0.05, 0.1) is 20.1 Å². The van der Waals surface area contributed by atoms with Gasteiger partial charge in [-0.2, -0.15) is 0 Å². The quantitative estimate of drug-likeness (QED) is 0.680. The van der Waals surface area contributed by atoms with Gasteiger partial charge in [0.2, 0.25) is 5.91 Å². The van der Waals surface area contributed by atoms with Crippen molar-refractivity contribution in [1.82, 2.24) is 10.2 Å². The van der Waals surface area contributed by atoms with Crippen LogP contribution in [0.4, 0.5) is 0 Å². The Kier molecular flexibility index (Phi) is 6.56. The van der Waals surface area contributed by atoms with E-state index in [1.807, 2.05) is 44.2 Å². The zero-order chi connectivity index (χ0) is 21.0. The van der Waals surface area contributed by atoms with Gasteiger partial charge in [0.1, 0.15) is 11.9 Å². The van der Waals surface area contributed by atoms with Crippen LogP contribution in [0.25, 0.3) is 6.08 Å². The van der Waals surface area contributed by atoms with Gasteiger partial charge in [-0.3, -0.25) is 9.59 Å². The number of amides is 1. The molecule has 1 aromatic carbocycles. The Morgan fingerprint density at radius 3 is 2.52 bits per heavy atom. The van der Waals surface area contributed by atoms with Crippen LogP contribution in [0.15, 0.2) is 29.3 Å². The predicted octanol–water partition coefficient (Wildman–Crippen LogP) is 2.65. The third kappa shape index (κ3) is 4.13. The van der Waals surface area contributed by atoms with Crippen molar-refractivity contribution in [3.63, 3.8) is 0 Å². The summed E-state index contributed by atoms with van der Waals surface area (Å²) in [5, 5.41) is 3.23. The highest BCUT2D eigenvalue weighted by Gasteiger charge is 2.49. The van der Waals surface area contributed by atoms with E-state index in [4.69, 9.17) is 9.47 Å². The minimum absolute atomic E-state index is 0.0486. The number of methoxy groups -OCH3 is 2. The van der Waals surface area contributed by atoms with Crippen molar-refractivity contribution in [2.45, 2.75) is 45.3 Å². The van der Waals surface area contributed by atoms with E-state index in [0.29, 0.717) is 30.3 Å². The summed E-state index contributed by atoms with van der Waals surface area (Å²) in [6.45, 7) is 4.62. The number of nitrogens with zero attached hydrogens (tertiary/aromatic N) is 2. The van der Waals surface area contributed by atoms with E-state index in [9.17, 15) is 9.59 Å². The normalized spacial score (nSPS) is 23.8. The Morgan fingerprint density at radius 1 is 1.10 bits per heavy atom. The first-order valence-corrected chi connectivity index (χ1v) is 10.1. The van der Waals surface area contributed by atoms with Crippen molar-refractivity contribution in [1.29, 1.82) is 0 Å². The number of nitrogens with one attached hydrogen (secondary N) is 1. The monoisotopic (exact) mass is 399 g/mol. The average molecular weight is 399 g/mol. The lowest BCUT2D eigenvalue weighted by molar-refractivity contribution is -0.150. The molecule has 0 aromatic heterocycles. The smallest absolute Gasteiger partial charge is 0.235 e. The maximum atomic E-state index is 12.9. The Labute approximate surface area is 171 Å². The van der Waals surface area contributed by atoms with Gasteiger partial charge in [0, 0.05) is 6.54 Å². The Morgan fingerprint density at radius 2 is 1.86 bits per heavy atom. The molecule has 1 amide bonds. The molecular weight excluding hydrogens is 370 g/mol. The largest absolute Gasteiger partial charge is 0.493 e. The number of ether oxygens (including phenoxy) is 2. The van der Waals surface area contributed by atoms with Crippen LogP contribution in [0.2, 0.25) is 0 Å². The SMILES string of the molecule is CCCC1C(=O)C2NC(/C=C/c3ccc(OC)c(OC)c3)=NC2N(CCC)C1=O. The molecule has 2 heterocycles. The van der Waals surface area contributed by atoms with E-state index in [0.717, 1.165) is 18.4 Å². The van der Waals surface area contributed by atoms with Gasteiger partial charge in [-0.25, -0.2) is 4.99 Å². The molecular formula is C22H29N3O4. The van der Waals surface area contributed by atoms with Gasteiger partial charge < -0.3 is 19.7 Å². The van der Waals surface area contributed by atoms with Crippen LogP contribution in [0, 0.1) is 5.92 Å². The number of carbonyl (C=O) groups is 2. The van der Waals surface area contributed by atoms with Gasteiger partial charge >= 0.3 is 0 Å². The molecule has 7 nitrogen and oxygen atoms in total. The van der Waals surface area contributed by atoms with Crippen LogP contribution >= 0.6 is 0 Å². The van der Waals surface area contributed by atoms with E-state index < -0.39 is 18.1 Å². The summed E-state index contributed by atoms with van der Waals surface area (Å²) in [6, 6.07) is 5.15. The summed E-state index contributed by atoms with van der Waals surface area (Å²) in [5.41, 5.74) is 0.915. The second-order valence-electron chi connectivity index (χ2n) is 7.27. The zero-order valence-corrected chi connectivity index (χ0v) is 17.5. The van der Waals surface area contributed by atoms with Gasteiger partial charge in [-0.05, 0) is 36.6 Å². The molecule has 1 saturated heterocycles. The third-order valence-corrected chi connectivity index (χ3v) is 5.31. The van der Waals surface area contributed by atoms with Crippen molar-refractivity contribution in [3.8, 4) is 11.5 Å². The van der Waals surface area contributed by atoms with Crippen LogP contribution < -0.4 is 14.8 Å². The van der Waals surface area contributed by atoms with Gasteiger partial charge in [0.25, 0.3) is 0 Å². The zero-order valence-electron chi connectivity index (χ0n) is 17.5. The fourth-order valence-electron chi connectivity index (χ4n) is 3.89. The fraction of sp³-hybridized carbons (Fsp3) is 0.500. The number of piperidine rings is 1. The first-order valence-electron chi connectivity index (χ1n) is 10.1. The summed E-state index contributed by atoms with van der Waals surface area (Å²) in [4.78, 5) is 32.1. The number of hydrogen-bond donors (Lipinski definition) is 1. The number of amidine groups is 1. The maximum Gasteiger partial charge on any atom is 0.235 e. The molecule has 2 aliphatic heterocycles. The van der Waals surface area contributed by atoms with E-state index in [2.05, 4.69) is 10.3 Å². The van der Waals surface area contributed by atoms with E-state index in [1.54, 1.807) is 19.1 Å². The lowest BCUT2D eigenvalue weighted by Crippen LogP contribution is -2.61. The molecule has 0 aliphatic carbocycles. The standard InChI is InChI=1S/C22H29N3O4/c1-5-7-15-20(26)19-21(25(12-6-2)22(15)27)24-18(23-19)11-9-14-8-10-16(28-3)17(13-14)29-4/h8-11,13,15,19,21H,5-7,12H2,1-4H3,(H,23,24)/b11-9+. The molecule has 0 spiro atoms. The van der Waals surface area contributed by atoms with Crippen molar-refractivity contribution in [2.75, 3.05) is 20.8 Å². The third-order valence-electron chi connectivity index (χ3n) is 5.31. The lowest BCUT2D eigenvalue weighted by Gasteiger charge is -2.38. The number of carbonyl (C=O) groups excluding carboxylic acids is 2. The number of Topliss-reactive ketones (excluding diaryl/α,β-unsaturated/α-hetero) is 1. The lowest BCUT2D eigenvalue weighted by atomic mass is 9.86. The minimum atomic E-state index is -0.565. The Bertz CT molecular complexity index is 833.